The fourth-order valence-corrected chi connectivity index (χ4v) is 1.62. The minimum atomic E-state index is 0. The van der Waals surface area contributed by atoms with Crippen molar-refractivity contribution in [2.24, 2.45) is 0 Å². The predicted molar refractivity (Wildman–Crippen MR) is 69.5 cm³/mol. The van der Waals surface area contributed by atoms with E-state index in [-0.39, 0.29) is 25.6 Å². The van der Waals surface area contributed by atoms with E-state index in [0.29, 0.717) is 13.1 Å². The maximum absolute atomic E-state index is 8.15. The number of rotatable bonds is 8. The first-order valence-electron chi connectivity index (χ1n) is 6.43. The van der Waals surface area contributed by atoms with Crippen LogP contribution in [0.3, 0.4) is 0 Å². The molecule has 0 bridgehead atoms. The number of hydrogen-bond acceptors (Lipinski definition) is 3. The summed E-state index contributed by atoms with van der Waals surface area (Å²) in [6, 6.07) is 0. The van der Waals surface area contributed by atoms with E-state index in [0.717, 1.165) is 0 Å². The molecule has 0 heterocycles. The molecule has 0 rings (SSSR count). The van der Waals surface area contributed by atoms with Crippen LogP contribution in [0.25, 0.3) is 0 Å². The molecule has 0 aliphatic carbocycles. The van der Waals surface area contributed by atoms with Crippen LogP contribution in [0.4, 0.5) is 0 Å². The Hall–Kier alpha value is 0.130. The SMILES string of the molecule is CC[N+](CC)(CC)CC.OCCNCCO.[Cl-]. The highest BCUT2D eigenvalue weighted by Crippen LogP contribution is 2.03. The molecule has 0 aromatic rings. The van der Waals surface area contributed by atoms with E-state index in [2.05, 4.69) is 33.0 Å². The molecule has 0 aromatic carbocycles. The van der Waals surface area contributed by atoms with Gasteiger partial charge in [0, 0.05) is 13.1 Å². The van der Waals surface area contributed by atoms with Gasteiger partial charge in [-0.3, -0.25) is 0 Å². The van der Waals surface area contributed by atoms with Crippen molar-refractivity contribution in [3.63, 3.8) is 0 Å². The zero-order valence-corrected chi connectivity index (χ0v) is 12.6. The van der Waals surface area contributed by atoms with E-state index < -0.39 is 0 Å². The van der Waals surface area contributed by atoms with Crippen LogP contribution in [0, 0.1) is 0 Å². The molecule has 0 radical (unpaired) electrons. The minimum Gasteiger partial charge on any atom is -1.00 e. The molecule has 0 fully saturated rings. The molecule has 3 N–H and O–H groups in total. The van der Waals surface area contributed by atoms with E-state index in [1.54, 1.807) is 0 Å². The summed E-state index contributed by atoms with van der Waals surface area (Å²) < 4.78 is 1.28. The fourth-order valence-electron chi connectivity index (χ4n) is 1.62. The van der Waals surface area contributed by atoms with Crippen molar-refractivity contribution in [3.8, 4) is 0 Å². The highest BCUT2D eigenvalue weighted by molar-refractivity contribution is 4.39. The quantitative estimate of drug-likeness (QED) is 0.336. The van der Waals surface area contributed by atoms with Gasteiger partial charge in [0.05, 0.1) is 39.4 Å². The van der Waals surface area contributed by atoms with Gasteiger partial charge in [-0.1, -0.05) is 0 Å². The Kier molecular flexibility index (Phi) is 21.2. The lowest BCUT2D eigenvalue weighted by atomic mass is 10.3. The van der Waals surface area contributed by atoms with Crippen LogP contribution in [0.1, 0.15) is 27.7 Å². The smallest absolute Gasteiger partial charge is 0.0757 e. The number of nitrogens with zero attached hydrogens (tertiary/aromatic N) is 1. The van der Waals surface area contributed by atoms with Crippen molar-refractivity contribution in [1.29, 1.82) is 0 Å². The van der Waals surface area contributed by atoms with Gasteiger partial charge in [0.15, 0.2) is 0 Å². The van der Waals surface area contributed by atoms with Crippen LogP contribution < -0.4 is 17.7 Å². The van der Waals surface area contributed by atoms with Crippen LogP contribution in [-0.4, -0.2) is 67.2 Å². The lowest BCUT2D eigenvalue weighted by molar-refractivity contribution is -0.921. The number of aliphatic hydroxyl groups excluding tert-OH is 2. The number of quaternary nitrogens is 1. The average molecular weight is 271 g/mol. The molecule has 17 heavy (non-hydrogen) atoms. The Morgan fingerprint density at radius 1 is 0.765 bits per heavy atom. The molecule has 5 heteroatoms. The largest absolute Gasteiger partial charge is 1.00 e. The third-order valence-corrected chi connectivity index (χ3v) is 3.26. The monoisotopic (exact) mass is 270 g/mol. The van der Waals surface area contributed by atoms with Gasteiger partial charge in [0.25, 0.3) is 0 Å². The topological polar surface area (TPSA) is 52.5 Å². The standard InChI is InChI=1S/C8H20N.C4H11NO2.ClH/c1-5-9(6-2,7-3)8-4;6-3-1-5-2-4-7;/h5-8H2,1-4H3;5-7H,1-4H2;1H/q+1;;/p-1. The van der Waals surface area contributed by atoms with Crippen LogP contribution >= 0.6 is 0 Å². The van der Waals surface area contributed by atoms with Gasteiger partial charge in [0.1, 0.15) is 0 Å². The summed E-state index contributed by atoms with van der Waals surface area (Å²) in [6.45, 7) is 15.6. The number of aliphatic hydroxyl groups is 2. The highest BCUT2D eigenvalue weighted by atomic mass is 35.5. The van der Waals surface area contributed by atoms with E-state index in [9.17, 15) is 0 Å². The van der Waals surface area contributed by atoms with Crippen molar-refractivity contribution in [2.45, 2.75) is 27.7 Å². The first kappa shape index (κ1) is 22.3. The summed E-state index contributed by atoms with van der Waals surface area (Å²) in [5, 5.41) is 19.1. The van der Waals surface area contributed by atoms with Crippen molar-refractivity contribution in [2.75, 3.05) is 52.5 Å². The van der Waals surface area contributed by atoms with E-state index >= 15 is 0 Å². The number of halogens is 1. The molecule has 0 aliphatic heterocycles. The second-order valence-corrected chi connectivity index (χ2v) is 3.80. The Bertz CT molecular complexity index is 112. The fraction of sp³-hybridized carbons (Fsp3) is 1.00. The summed E-state index contributed by atoms with van der Waals surface area (Å²) >= 11 is 0. The summed E-state index contributed by atoms with van der Waals surface area (Å²) in [5.74, 6) is 0. The maximum Gasteiger partial charge on any atom is 0.0757 e. The highest BCUT2D eigenvalue weighted by Gasteiger charge is 2.16. The Morgan fingerprint density at radius 2 is 1.06 bits per heavy atom. The van der Waals surface area contributed by atoms with E-state index in [1.165, 1.54) is 30.7 Å². The minimum absolute atomic E-state index is 0. The van der Waals surface area contributed by atoms with Gasteiger partial charge in [-0.05, 0) is 27.7 Å². The maximum atomic E-state index is 8.15. The molecule has 0 aliphatic rings. The average Bonchev–Trinajstić information content (AvgIpc) is 2.34. The Balaban J connectivity index is -0.000000224. The van der Waals surface area contributed by atoms with Crippen LogP contribution in [0.15, 0.2) is 0 Å². The molecule has 0 saturated heterocycles. The third-order valence-electron chi connectivity index (χ3n) is 3.26. The van der Waals surface area contributed by atoms with Crippen LogP contribution in [0.5, 0.6) is 0 Å². The van der Waals surface area contributed by atoms with Gasteiger partial charge in [-0.2, -0.15) is 0 Å². The second kappa shape index (κ2) is 16.1. The van der Waals surface area contributed by atoms with Gasteiger partial charge in [0.2, 0.25) is 0 Å². The van der Waals surface area contributed by atoms with Crippen LogP contribution in [0.2, 0.25) is 0 Å². The molecule has 0 unspecified atom stereocenters. The van der Waals surface area contributed by atoms with Crippen LogP contribution in [-0.2, 0) is 0 Å². The first-order valence-corrected chi connectivity index (χ1v) is 6.43. The number of nitrogens with one attached hydrogen (secondary N) is 1. The lowest BCUT2D eigenvalue weighted by Gasteiger charge is -2.34. The summed E-state index contributed by atoms with van der Waals surface area (Å²) in [6.07, 6.45) is 0. The Labute approximate surface area is 113 Å². The molecule has 0 amide bonds. The molecule has 0 saturated carbocycles. The third kappa shape index (κ3) is 12.4. The lowest BCUT2D eigenvalue weighted by Crippen LogP contribution is -3.00. The molecule has 0 spiro atoms. The van der Waals surface area contributed by atoms with Gasteiger partial charge in [-0.15, -0.1) is 0 Å². The molecule has 0 atom stereocenters. The molecular formula is C12H31ClN2O2. The summed E-state index contributed by atoms with van der Waals surface area (Å²) in [7, 11) is 0. The van der Waals surface area contributed by atoms with Crippen molar-refractivity contribution in [1.82, 2.24) is 5.32 Å². The first-order chi connectivity index (χ1) is 7.66. The molecule has 108 valence electrons. The zero-order valence-electron chi connectivity index (χ0n) is 11.9. The van der Waals surface area contributed by atoms with Gasteiger partial charge in [-0.25, -0.2) is 0 Å². The van der Waals surface area contributed by atoms with E-state index in [4.69, 9.17) is 10.2 Å². The summed E-state index contributed by atoms with van der Waals surface area (Å²) in [5.41, 5.74) is 0. The molecule has 0 aromatic heterocycles. The van der Waals surface area contributed by atoms with E-state index in [1.807, 2.05) is 0 Å². The van der Waals surface area contributed by atoms with Crippen molar-refractivity contribution < 1.29 is 27.1 Å². The molecule has 4 nitrogen and oxygen atoms in total. The van der Waals surface area contributed by atoms with Gasteiger partial charge < -0.3 is 32.4 Å². The zero-order chi connectivity index (χ0) is 12.9. The predicted octanol–water partition coefficient (Wildman–Crippen LogP) is -2.55. The van der Waals surface area contributed by atoms with Crippen molar-refractivity contribution in [3.05, 3.63) is 0 Å². The Morgan fingerprint density at radius 3 is 1.18 bits per heavy atom. The summed E-state index contributed by atoms with van der Waals surface area (Å²) in [4.78, 5) is 0. The second-order valence-electron chi connectivity index (χ2n) is 3.80. The van der Waals surface area contributed by atoms with Crippen molar-refractivity contribution >= 4 is 0 Å². The number of hydrogen-bond donors (Lipinski definition) is 3. The molecular weight excluding hydrogens is 240 g/mol. The normalized spacial score (nSPS) is 10.2. The van der Waals surface area contributed by atoms with Gasteiger partial charge >= 0.3 is 0 Å².